The summed E-state index contributed by atoms with van der Waals surface area (Å²) in [6.07, 6.45) is 52.1. The second-order valence-corrected chi connectivity index (χ2v) is 67.6. The molecular weight excluding hydrogens is 1700 g/mol. The van der Waals surface area contributed by atoms with Crippen LogP contribution in [0.3, 0.4) is 0 Å². The van der Waals surface area contributed by atoms with Crippen LogP contribution in [0.2, 0.25) is 55.9 Å². The minimum Gasteiger partial charge on any atom is -0.457 e. The summed E-state index contributed by atoms with van der Waals surface area (Å²) in [7, 11) is -5.30. The lowest BCUT2D eigenvalue weighted by atomic mass is 9.68. The Labute approximate surface area is 833 Å². The van der Waals surface area contributed by atoms with Crippen molar-refractivity contribution in [2.75, 3.05) is 0 Å². The number of fused-ring (bicyclic) bond motifs is 12. The van der Waals surface area contributed by atoms with Gasteiger partial charge >= 0.3 is 0 Å². The van der Waals surface area contributed by atoms with Crippen molar-refractivity contribution in [2.45, 2.75) is 463 Å². The number of nitrogens with zero attached hydrogens (tertiary/aromatic N) is 3. The lowest BCUT2D eigenvalue weighted by Gasteiger charge is -2.56. The van der Waals surface area contributed by atoms with E-state index in [1.807, 2.05) is 0 Å². The first-order chi connectivity index (χ1) is 63.8. The number of rotatable bonds is 21. The molecule has 0 aromatic heterocycles. The average molecular weight is 1890 g/mol. The minimum atomic E-state index is -1.79. The van der Waals surface area contributed by atoms with Gasteiger partial charge in [0.05, 0.1) is 0 Å². The molecule has 0 spiro atoms. The van der Waals surface area contributed by atoms with E-state index in [1.54, 1.807) is 27.9 Å². The lowest BCUT2D eigenvalue weighted by Crippen LogP contribution is -2.65. The molecule has 10 unspecified atom stereocenters. The van der Waals surface area contributed by atoms with Gasteiger partial charge in [0.25, 0.3) is 0 Å². The maximum atomic E-state index is 6.64. The first-order valence-corrected chi connectivity index (χ1v) is 64.4. The average Bonchev–Trinajstić information content (AvgIpc) is 1.59. The fourth-order valence-electron chi connectivity index (χ4n) is 31.2. The lowest BCUT2D eigenvalue weighted by molar-refractivity contribution is 0.138. The van der Waals surface area contributed by atoms with E-state index in [2.05, 4.69) is 390 Å². The Morgan fingerprint density at radius 3 is 0.949 bits per heavy atom. The molecule has 0 bridgehead atoms. The van der Waals surface area contributed by atoms with E-state index >= 15 is 0 Å². The van der Waals surface area contributed by atoms with Crippen LogP contribution in [0.5, 0.6) is 34.5 Å². The van der Waals surface area contributed by atoms with Crippen LogP contribution in [0, 0.1) is 41.4 Å². The number of allylic oxidation sites excluding steroid dienone is 12. The van der Waals surface area contributed by atoms with Crippen molar-refractivity contribution in [1.82, 2.24) is 13.7 Å². The van der Waals surface area contributed by atoms with Gasteiger partial charge in [-0.05, 0) is 364 Å². The maximum absolute atomic E-state index is 6.64. The number of unbranched alkanes of at least 4 members (excludes halogenated alkanes) is 2. The smallest absolute Gasteiger partial charge is 0.127 e. The predicted molar refractivity (Wildman–Crippen MR) is 592 cm³/mol. The first kappa shape index (κ1) is 103. The van der Waals surface area contributed by atoms with Crippen LogP contribution in [0.4, 0.5) is 0 Å². The van der Waals surface area contributed by atoms with E-state index in [0.29, 0.717) is 35.5 Å². The summed E-state index contributed by atoms with van der Waals surface area (Å²) in [6.45, 7) is 76.5. The van der Waals surface area contributed by atoms with Gasteiger partial charge in [-0.3, -0.25) is 0 Å². The van der Waals surface area contributed by atoms with Crippen molar-refractivity contribution in [3.05, 3.63) is 231 Å². The molecule has 10 atom stereocenters. The fourth-order valence-corrected chi connectivity index (χ4v) is 48.1. The molecule has 18 rings (SSSR count). The van der Waals surface area contributed by atoms with Crippen molar-refractivity contribution < 1.29 is 14.2 Å². The highest BCUT2D eigenvalue weighted by Crippen LogP contribution is 2.67. The molecule has 6 saturated carbocycles. The molecule has 0 heterocycles. The Balaban J connectivity index is 0.000000148. The van der Waals surface area contributed by atoms with Crippen molar-refractivity contribution in [3.8, 4) is 34.5 Å². The summed E-state index contributed by atoms with van der Waals surface area (Å²) < 4.78 is 28.9. The molecule has 12 aliphatic carbocycles. The molecule has 0 saturated heterocycles. The molecule has 6 aromatic rings. The van der Waals surface area contributed by atoms with E-state index in [4.69, 9.17) is 14.2 Å². The van der Waals surface area contributed by atoms with Crippen LogP contribution < -0.4 is 14.2 Å². The van der Waals surface area contributed by atoms with E-state index in [0.717, 1.165) is 75.2 Å². The van der Waals surface area contributed by atoms with Crippen LogP contribution in [0.1, 0.15) is 390 Å². The summed E-state index contributed by atoms with van der Waals surface area (Å²) in [5.74, 6) is 10.3. The molecule has 6 aromatic carbocycles. The van der Waals surface area contributed by atoms with Crippen molar-refractivity contribution in [1.29, 1.82) is 0 Å². The zero-order valence-electron chi connectivity index (χ0n) is 91.5. The van der Waals surface area contributed by atoms with E-state index in [9.17, 15) is 0 Å². The van der Waals surface area contributed by atoms with Gasteiger partial charge in [0.1, 0.15) is 59.2 Å². The maximum Gasteiger partial charge on any atom is 0.127 e. The third-order valence-electron chi connectivity index (χ3n) is 36.6. The third-order valence-corrected chi connectivity index (χ3v) is 51.0. The molecule has 0 radical (unpaired) electrons. The van der Waals surface area contributed by atoms with Crippen LogP contribution in [0.15, 0.2) is 181 Å². The zero-order chi connectivity index (χ0) is 98.0. The monoisotopic (exact) mass is 1880 g/mol. The number of ether oxygens (including phenoxy) is 3. The third kappa shape index (κ3) is 20.2. The molecule has 0 N–H and O–H groups in total. The van der Waals surface area contributed by atoms with E-state index in [1.165, 1.54) is 223 Å². The van der Waals surface area contributed by atoms with Crippen LogP contribution in [-0.4, -0.2) is 73.1 Å². The Kier molecular flexibility index (Phi) is 29.2. The molecule has 0 amide bonds. The second-order valence-electron chi connectivity index (χ2n) is 54.1. The van der Waals surface area contributed by atoms with Crippen LogP contribution in [0.25, 0.3) is 16.7 Å². The minimum absolute atomic E-state index is 0.0203. The topological polar surface area (TPSA) is 37.4 Å². The molecule has 0 aliphatic heterocycles. The van der Waals surface area contributed by atoms with Crippen LogP contribution in [-0.2, 0) is 32.5 Å². The van der Waals surface area contributed by atoms with Crippen molar-refractivity contribution >= 4 is 41.4 Å². The molecule has 9 heteroatoms. The zero-order valence-corrected chi connectivity index (χ0v) is 94.5. The molecule has 136 heavy (non-hydrogen) atoms. The summed E-state index contributed by atoms with van der Waals surface area (Å²) in [5.41, 5.74) is 25.6. The largest absolute Gasteiger partial charge is 0.457 e. The molecule has 12 aliphatic rings. The van der Waals surface area contributed by atoms with Gasteiger partial charge in [-0.25, -0.2) is 0 Å². The van der Waals surface area contributed by atoms with Gasteiger partial charge in [0.2, 0.25) is 0 Å². The van der Waals surface area contributed by atoms with Crippen molar-refractivity contribution in [2.24, 2.45) is 41.4 Å². The fraction of sp³-hybridized carbons (Fsp3) is 0.622. The highest BCUT2D eigenvalue weighted by molar-refractivity contribution is 6.77. The SMILES string of the molecule is CC(C)(C)c1ccc(Oc2ccc3c(c2)C(C)(C)C2=CC4C(C=C23)CCC4[Si](C)(C)N(C2CCCCC2)C(C)(C)C)cc1.CC1CC2C=C3C(=CC2C1[Si](C)(C)N(C1CCCCC1)C(C)(C)C)C(C)(C)c1cc(Oc2ccc(C(C)(C)C)cc2)ccc13.CCCCC1(CCCC)C2=CC3C(C=C2c2ccc(Oc4ccc(C(C)(C)C)cc4)cc21)CCC3[Si](C)(C)N(C1CCCCC1)C(C)(C)C. The molecule has 6 fully saturated rings. The summed E-state index contributed by atoms with van der Waals surface area (Å²) in [6, 6.07) is 49.1. The Hall–Kier alpha value is -6.31. The normalized spacial score (nSPS) is 25.5. The van der Waals surface area contributed by atoms with Gasteiger partial charge in [0, 0.05) is 51.0 Å². The summed E-state index contributed by atoms with van der Waals surface area (Å²) >= 11 is 0. The number of hydrogen-bond donors (Lipinski definition) is 0. The highest BCUT2D eigenvalue weighted by atomic mass is 28.3. The standard InChI is InChI=1S/C46H69NOSi.C41H59NOSi.C40H57NOSi/c1-11-13-28-46(29-14-12-2)41-31-37(48-36-23-21-34(22-24-36)44(3,4)5)25-26-38(41)40-30-33-20-27-43(39(33)32-42(40)46)49(9,10)47(45(6,7)8)35-18-16-15-17-19-35;1-27-23-28-24-35-33-22-21-32(43-31-19-17-29(18-20-31)39(2,3)4)25-36(33)41(8,9)37(35)26-34(28)38(27)44(10,11)42(40(5,6)7)30-15-13-12-14-16-30;1-38(2,3)28-17-19-30(20-18-28)42-31-21-22-32-34-24-27-16-23-37(33(27)26-36(34)40(7,8)35(32)25-31)43(9,10)41(39(4,5)6)29-14-12-11-13-15-29/h21-26,30-33,35,39,43H,11-20,27-29H2,1-10H3;17-22,24-28,30,34,38H,12-16,23H2,1-11H3;17-22,24-27,29,33,37H,11-16,23H2,1-10H3. The summed E-state index contributed by atoms with van der Waals surface area (Å²) in [4.78, 5) is 0. The Morgan fingerprint density at radius 1 is 0.324 bits per heavy atom. The highest BCUT2D eigenvalue weighted by Gasteiger charge is 2.60. The van der Waals surface area contributed by atoms with Crippen molar-refractivity contribution in [3.63, 3.8) is 0 Å². The summed E-state index contributed by atoms with van der Waals surface area (Å²) in [5, 5.41) is 0. The quantitative estimate of drug-likeness (QED) is 0.0669. The van der Waals surface area contributed by atoms with E-state index in [-0.39, 0.29) is 49.1 Å². The Morgan fingerprint density at radius 2 is 0.618 bits per heavy atom. The first-order valence-electron chi connectivity index (χ1n) is 55.3. The van der Waals surface area contributed by atoms with Gasteiger partial charge in [-0.2, -0.15) is 0 Å². The van der Waals surface area contributed by atoms with E-state index < -0.39 is 24.7 Å². The molecule has 6 nitrogen and oxygen atoms in total. The number of benzene rings is 6. The van der Waals surface area contributed by atoms with Gasteiger partial charge in [-0.15, -0.1) is 0 Å². The molecule has 738 valence electrons. The van der Waals surface area contributed by atoms with Crippen LogP contribution >= 0.6 is 0 Å². The Bertz CT molecular complexity index is 5420. The molecular formula is C127H185N3O3Si3. The van der Waals surface area contributed by atoms with Gasteiger partial charge in [-0.1, -0.05) is 337 Å². The van der Waals surface area contributed by atoms with Gasteiger partial charge < -0.3 is 27.9 Å². The predicted octanol–water partition coefficient (Wildman–Crippen LogP) is 36.9. The second kappa shape index (κ2) is 38.8. The number of hydrogen-bond acceptors (Lipinski definition) is 6. The van der Waals surface area contributed by atoms with Gasteiger partial charge in [0.15, 0.2) is 0 Å².